The molecule has 0 fully saturated rings. The minimum atomic E-state index is -3.88. The zero-order valence-electron chi connectivity index (χ0n) is 15.4. The summed E-state index contributed by atoms with van der Waals surface area (Å²) in [6, 6.07) is 12.5. The van der Waals surface area contributed by atoms with E-state index in [1.807, 2.05) is 29.1 Å². The molecule has 0 atom stereocenters. The summed E-state index contributed by atoms with van der Waals surface area (Å²) in [6.07, 6.45) is 8.33. The molecule has 0 unspecified atom stereocenters. The van der Waals surface area contributed by atoms with Crippen LogP contribution in [-0.2, 0) is 16.7 Å². The number of pyridine rings is 1. The van der Waals surface area contributed by atoms with Crippen molar-refractivity contribution in [3.8, 4) is 0 Å². The molecule has 140 valence electrons. The summed E-state index contributed by atoms with van der Waals surface area (Å²) in [5.74, 6) is -0.217. The van der Waals surface area contributed by atoms with Gasteiger partial charge < -0.3 is 4.90 Å². The topological polar surface area (TPSA) is 61.5 Å². The van der Waals surface area contributed by atoms with Gasteiger partial charge in [-0.2, -0.15) is 8.42 Å². The molecule has 2 aromatic rings. The minimum absolute atomic E-state index is 0.217. The normalized spacial score (nSPS) is 11.8. The number of nitrogens with zero attached hydrogens (tertiary/aromatic N) is 2. The van der Waals surface area contributed by atoms with Gasteiger partial charge >= 0.3 is 0 Å². The summed E-state index contributed by atoms with van der Waals surface area (Å²) in [4.78, 5) is 2.31. The van der Waals surface area contributed by atoms with E-state index in [0.717, 1.165) is 24.2 Å². The fourth-order valence-corrected chi connectivity index (χ4v) is 3.23. The average Bonchev–Trinajstić information content (AvgIpc) is 2.62. The van der Waals surface area contributed by atoms with Crippen LogP contribution in [0, 0.1) is 0 Å². The quantitative estimate of drug-likeness (QED) is 0.540. The van der Waals surface area contributed by atoms with Crippen LogP contribution in [0.5, 0.6) is 0 Å². The molecule has 0 aliphatic rings. The maximum atomic E-state index is 10.7. The van der Waals surface area contributed by atoms with Crippen LogP contribution >= 0.6 is 0 Å². The summed E-state index contributed by atoms with van der Waals surface area (Å²) in [5.41, 5.74) is 3.45. The number of hydrogen-bond acceptors (Lipinski definition) is 3. The van der Waals surface area contributed by atoms with E-state index in [4.69, 9.17) is 4.55 Å². The molecule has 0 amide bonds. The van der Waals surface area contributed by atoms with Gasteiger partial charge in [-0.25, -0.2) is 4.57 Å². The molecule has 0 aliphatic heterocycles. The smallest absolute Gasteiger partial charge is 0.265 e. The summed E-state index contributed by atoms with van der Waals surface area (Å²) in [7, 11) is -3.88. The van der Waals surface area contributed by atoms with E-state index >= 15 is 0 Å². The second-order valence-corrected chi connectivity index (χ2v) is 7.68. The first-order valence-electron chi connectivity index (χ1n) is 8.88. The Labute approximate surface area is 156 Å². The molecule has 26 heavy (non-hydrogen) atoms. The minimum Gasteiger partial charge on any atom is -0.372 e. The molecule has 1 N–H and O–H groups in total. The Morgan fingerprint density at radius 3 is 2.00 bits per heavy atom. The Morgan fingerprint density at radius 1 is 0.962 bits per heavy atom. The van der Waals surface area contributed by atoms with Crippen molar-refractivity contribution in [1.29, 1.82) is 0 Å². The third-order valence-corrected chi connectivity index (χ3v) is 5.03. The van der Waals surface area contributed by atoms with Crippen LogP contribution in [0.15, 0.2) is 48.8 Å². The van der Waals surface area contributed by atoms with Gasteiger partial charge in [-0.3, -0.25) is 4.55 Å². The molecule has 0 saturated heterocycles. The van der Waals surface area contributed by atoms with Gasteiger partial charge in [0.1, 0.15) is 6.54 Å². The second kappa shape index (κ2) is 9.50. The first-order chi connectivity index (χ1) is 12.4. The first kappa shape index (κ1) is 20.1. The summed E-state index contributed by atoms with van der Waals surface area (Å²) in [5, 5.41) is 0. The Bertz CT molecular complexity index is 809. The zero-order chi connectivity index (χ0) is 19.0. The molecule has 6 heteroatoms. The highest BCUT2D eigenvalue weighted by molar-refractivity contribution is 7.85. The first-order valence-corrected chi connectivity index (χ1v) is 10.5. The van der Waals surface area contributed by atoms with Crippen molar-refractivity contribution in [2.24, 2.45) is 0 Å². The number of anilines is 1. The van der Waals surface area contributed by atoms with E-state index in [0.29, 0.717) is 13.0 Å². The molecule has 0 saturated carbocycles. The molecule has 1 aromatic heterocycles. The molecule has 1 aromatic carbocycles. The lowest BCUT2D eigenvalue weighted by atomic mass is 10.1. The van der Waals surface area contributed by atoms with Gasteiger partial charge in [0.05, 0.1) is 5.75 Å². The monoisotopic (exact) mass is 375 g/mol. The SMILES string of the molecule is CCN(CC)c1ccc(C=Cc2cc[n+](CCCS(=O)(=O)O)cc2)cc1. The van der Waals surface area contributed by atoms with Gasteiger partial charge in [0.15, 0.2) is 12.4 Å². The molecular weight excluding hydrogens is 348 g/mol. The van der Waals surface area contributed by atoms with E-state index in [1.54, 1.807) is 0 Å². The van der Waals surface area contributed by atoms with Gasteiger partial charge in [0.25, 0.3) is 10.1 Å². The van der Waals surface area contributed by atoms with E-state index in [9.17, 15) is 8.42 Å². The Hall–Kier alpha value is -2.18. The van der Waals surface area contributed by atoms with Gasteiger partial charge in [-0.15, -0.1) is 0 Å². The van der Waals surface area contributed by atoms with Crippen LogP contribution in [0.4, 0.5) is 5.69 Å². The number of aryl methyl sites for hydroxylation is 1. The highest BCUT2D eigenvalue weighted by Crippen LogP contribution is 2.16. The van der Waals surface area contributed by atoms with Gasteiger partial charge in [0, 0.05) is 37.3 Å². The third-order valence-electron chi connectivity index (χ3n) is 4.23. The molecular formula is C20H27N2O3S+. The van der Waals surface area contributed by atoms with Crippen LogP contribution in [-0.4, -0.2) is 31.8 Å². The molecule has 0 spiro atoms. The standard InChI is InChI=1S/C20H26N2O3S/c1-3-22(4-2)20-10-8-18(9-11-20)6-7-19-12-15-21(16-13-19)14-5-17-26(23,24)25/h6-13,15-16H,3-5,14,17H2,1-2H3/p+1. The second-order valence-electron chi connectivity index (χ2n) is 6.11. The van der Waals surface area contributed by atoms with Crippen LogP contribution < -0.4 is 9.47 Å². The fourth-order valence-electron chi connectivity index (χ4n) is 2.74. The number of aromatic nitrogens is 1. The molecule has 5 nitrogen and oxygen atoms in total. The lowest BCUT2D eigenvalue weighted by molar-refractivity contribution is -0.696. The Balaban J connectivity index is 1.93. The van der Waals surface area contributed by atoms with Crippen molar-refractivity contribution in [3.63, 3.8) is 0 Å². The molecule has 0 aliphatic carbocycles. The predicted octanol–water partition coefficient (Wildman–Crippen LogP) is 3.27. The molecule has 0 bridgehead atoms. The van der Waals surface area contributed by atoms with E-state index in [1.165, 1.54) is 5.69 Å². The number of hydrogen-bond donors (Lipinski definition) is 1. The summed E-state index contributed by atoms with van der Waals surface area (Å²) >= 11 is 0. The van der Waals surface area contributed by atoms with Crippen molar-refractivity contribution in [2.75, 3.05) is 23.7 Å². The van der Waals surface area contributed by atoms with Crippen LogP contribution in [0.2, 0.25) is 0 Å². The van der Waals surface area contributed by atoms with E-state index in [-0.39, 0.29) is 5.75 Å². The van der Waals surface area contributed by atoms with Gasteiger partial charge in [0.2, 0.25) is 0 Å². The molecule has 1 heterocycles. The van der Waals surface area contributed by atoms with Gasteiger partial charge in [-0.05, 0) is 37.1 Å². The average molecular weight is 376 g/mol. The van der Waals surface area contributed by atoms with Crippen molar-refractivity contribution in [2.45, 2.75) is 26.8 Å². The summed E-state index contributed by atoms with van der Waals surface area (Å²) in [6.45, 7) is 6.86. The summed E-state index contributed by atoms with van der Waals surface area (Å²) < 4.78 is 32.1. The van der Waals surface area contributed by atoms with Crippen molar-refractivity contribution >= 4 is 28.0 Å². The largest absolute Gasteiger partial charge is 0.372 e. The van der Waals surface area contributed by atoms with Crippen LogP contribution in [0.1, 0.15) is 31.4 Å². The van der Waals surface area contributed by atoms with Crippen molar-refractivity contribution < 1.29 is 17.5 Å². The van der Waals surface area contributed by atoms with Crippen molar-refractivity contribution in [1.82, 2.24) is 0 Å². The van der Waals surface area contributed by atoms with Crippen molar-refractivity contribution in [3.05, 3.63) is 59.9 Å². The third kappa shape index (κ3) is 6.61. The Kier molecular flexibility index (Phi) is 7.36. The zero-order valence-corrected chi connectivity index (χ0v) is 16.2. The lowest BCUT2D eigenvalue weighted by Gasteiger charge is -2.20. The number of rotatable bonds is 9. The fraction of sp³-hybridized carbons (Fsp3) is 0.350. The molecule has 2 rings (SSSR count). The molecule has 0 radical (unpaired) electrons. The maximum absolute atomic E-state index is 10.7. The van der Waals surface area contributed by atoms with Crippen LogP contribution in [0.25, 0.3) is 12.2 Å². The highest BCUT2D eigenvalue weighted by atomic mass is 32.2. The maximum Gasteiger partial charge on any atom is 0.265 e. The van der Waals surface area contributed by atoms with Crippen LogP contribution in [0.3, 0.4) is 0 Å². The number of benzene rings is 1. The van der Waals surface area contributed by atoms with E-state index < -0.39 is 10.1 Å². The predicted molar refractivity (Wildman–Crippen MR) is 107 cm³/mol. The highest BCUT2D eigenvalue weighted by Gasteiger charge is 2.07. The van der Waals surface area contributed by atoms with E-state index in [2.05, 4.69) is 55.2 Å². The Morgan fingerprint density at radius 2 is 1.50 bits per heavy atom. The lowest BCUT2D eigenvalue weighted by Crippen LogP contribution is -2.33. The van der Waals surface area contributed by atoms with Gasteiger partial charge in [-0.1, -0.05) is 24.3 Å².